The highest BCUT2D eigenvalue weighted by Crippen LogP contribution is 2.32. The fourth-order valence-corrected chi connectivity index (χ4v) is 5.90. The first kappa shape index (κ1) is 20.9. The molecule has 0 spiro atoms. The van der Waals surface area contributed by atoms with Crippen molar-refractivity contribution in [3.63, 3.8) is 0 Å². The normalized spacial score (nSPS) is 18.4. The van der Waals surface area contributed by atoms with Gasteiger partial charge in [0.15, 0.2) is 0 Å². The lowest BCUT2D eigenvalue weighted by atomic mass is 10.1. The number of H-pyrrole nitrogens is 1. The van der Waals surface area contributed by atoms with Gasteiger partial charge in [-0.1, -0.05) is 19.3 Å². The third kappa shape index (κ3) is 4.22. The number of rotatable bonds is 6. The number of amides is 1. The summed E-state index contributed by atoms with van der Waals surface area (Å²) in [4.78, 5) is 12.6. The van der Waals surface area contributed by atoms with Gasteiger partial charge in [-0.15, -0.1) is 0 Å². The van der Waals surface area contributed by atoms with Crippen molar-refractivity contribution < 1.29 is 17.9 Å². The van der Waals surface area contributed by atoms with Crippen molar-refractivity contribution in [2.45, 2.75) is 55.9 Å². The minimum atomic E-state index is -3.67. The average Bonchev–Trinajstić information content (AvgIpc) is 3.46. The average molecular weight is 433 g/mol. The molecular weight excluding hydrogens is 404 g/mol. The molecule has 2 fully saturated rings. The van der Waals surface area contributed by atoms with Crippen molar-refractivity contribution in [2.75, 3.05) is 20.2 Å². The summed E-state index contributed by atoms with van der Waals surface area (Å²) in [6.07, 6.45) is 7.05. The number of aromatic nitrogens is 2. The number of piperidine rings is 1. The van der Waals surface area contributed by atoms with E-state index in [9.17, 15) is 13.2 Å². The van der Waals surface area contributed by atoms with Crippen molar-refractivity contribution in [2.24, 2.45) is 0 Å². The van der Waals surface area contributed by atoms with E-state index in [4.69, 9.17) is 4.74 Å². The van der Waals surface area contributed by atoms with E-state index in [1.165, 1.54) is 11.4 Å². The van der Waals surface area contributed by atoms with Gasteiger partial charge in [0.25, 0.3) is 5.91 Å². The first-order valence-corrected chi connectivity index (χ1v) is 12.0. The zero-order chi connectivity index (χ0) is 21.1. The minimum absolute atomic E-state index is 0.129. The van der Waals surface area contributed by atoms with Crippen LogP contribution in [0.25, 0.3) is 11.3 Å². The number of sulfonamides is 1. The molecule has 2 heterocycles. The van der Waals surface area contributed by atoms with Crippen LogP contribution < -0.4 is 10.1 Å². The third-order valence-electron chi connectivity index (χ3n) is 5.91. The zero-order valence-electron chi connectivity index (χ0n) is 17.2. The van der Waals surface area contributed by atoms with Gasteiger partial charge in [0.1, 0.15) is 16.3 Å². The molecular formula is C21H28N4O4S. The van der Waals surface area contributed by atoms with Crippen molar-refractivity contribution in [3.8, 4) is 17.0 Å². The molecule has 162 valence electrons. The molecule has 0 bridgehead atoms. The first-order valence-electron chi connectivity index (χ1n) is 10.5. The van der Waals surface area contributed by atoms with Gasteiger partial charge < -0.3 is 10.1 Å². The second-order valence-corrected chi connectivity index (χ2v) is 9.86. The number of carbonyl (C=O) groups is 1. The van der Waals surface area contributed by atoms with Crippen LogP contribution in [-0.2, 0) is 10.0 Å². The van der Waals surface area contributed by atoms with E-state index < -0.39 is 10.0 Å². The number of methoxy groups -OCH3 is 1. The van der Waals surface area contributed by atoms with Gasteiger partial charge in [-0.05, 0) is 49.9 Å². The largest absolute Gasteiger partial charge is 0.495 e. The SMILES string of the molecule is COc1ccc(-c2cc(C(=O)NC3CCCC3)[nH]n2)cc1S(=O)(=O)N1CCCCC1. The van der Waals surface area contributed by atoms with Crippen LogP contribution in [0.4, 0.5) is 0 Å². The Morgan fingerprint density at radius 3 is 2.57 bits per heavy atom. The zero-order valence-corrected chi connectivity index (χ0v) is 18.0. The third-order valence-corrected chi connectivity index (χ3v) is 7.82. The molecule has 1 saturated carbocycles. The van der Waals surface area contributed by atoms with Crippen LogP contribution in [0.3, 0.4) is 0 Å². The van der Waals surface area contributed by atoms with Gasteiger partial charge in [0.05, 0.1) is 12.8 Å². The summed E-state index contributed by atoms with van der Waals surface area (Å²) in [7, 11) is -2.21. The van der Waals surface area contributed by atoms with E-state index >= 15 is 0 Å². The molecule has 2 aliphatic rings. The standard InChI is InChI=1S/C21H28N4O4S/c1-29-19-10-9-15(13-20(19)30(27,28)25-11-5-2-6-12-25)17-14-18(24-23-17)21(26)22-16-7-3-4-8-16/h9-10,13-14,16H,2-8,11-12H2,1H3,(H,22,26)(H,23,24). The van der Waals surface area contributed by atoms with Crippen LogP contribution in [0.1, 0.15) is 55.4 Å². The van der Waals surface area contributed by atoms with Crippen molar-refractivity contribution in [1.82, 2.24) is 19.8 Å². The molecule has 0 atom stereocenters. The summed E-state index contributed by atoms with van der Waals surface area (Å²) in [5.41, 5.74) is 1.50. The number of carbonyl (C=O) groups excluding carboxylic acids is 1. The summed E-state index contributed by atoms with van der Waals surface area (Å²) in [5, 5.41) is 10.0. The van der Waals surface area contributed by atoms with Gasteiger partial charge in [0.2, 0.25) is 10.0 Å². The molecule has 1 saturated heterocycles. The van der Waals surface area contributed by atoms with Gasteiger partial charge in [-0.25, -0.2) is 8.42 Å². The number of ether oxygens (including phenoxy) is 1. The molecule has 4 rings (SSSR count). The van der Waals surface area contributed by atoms with Crippen molar-refractivity contribution in [1.29, 1.82) is 0 Å². The molecule has 1 aliphatic heterocycles. The number of nitrogens with zero attached hydrogens (tertiary/aromatic N) is 2. The molecule has 9 heteroatoms. The van der Waals surface area contributed by atoms with E-state index in [-0.39, 0.29) is 16.8 Å². The van der Waals surface area contributed by atoms with Crippen LogP contribution >= 0.6 is 0 Å². The topological polar surface area (TPSA) is 104 Å². The molecule has 0 radical (unpaired) electrons. The molecule has 1 aliphatic carbocycles. The molecule has 8 nitrogen and oxygen atoms in total. The number of nitrogens with one attached hydrogen (secondary N) is 2. The predicted octanol–water partition coefficient (Wildman–Crippen LogP) is 2.93. The molecule has 1 aromatic carbocycles. The lowest BCUT2D eigenvalue weighted by Crippen LogP contribution is -2.35. The van der Waals surface area contributed by atoms with Gasteiger partial charge in [-0.3, -0.25) is 9.89 Å². The monoisotopic (exact) mass is 432 g/mol. The highest BCUT2D eigenvalue weighted by molar-refractivity contribution is 7.89. The van der Waals surface area contributed by atoms with E-state index in [0.717, 1.165) is 44.9 Å². The lowest BCUT2D eigenvalue weighted by Gasteiger charge is -2.26. The highest BCUT2D eigenvalue weighted by Gasteiger charge is 2.29. The molecule has 2 aromatic rings. The Morgan fingerprint density at radius 1 is 1.13 bits per heavy atom. The second kappa shape index (κ2) is 8.77. The molecule has 1 aromatic heterocycles. The first-order chi connectivity index (χ1) is 14.5. The summed E-state index contributed by atoms with van der Waals surface area (Å²) in [6.45, 7) is 1.03. The van der Waals surface area contributed by atoms with Crippen LogP contribution in [-0.4, -0.2) is 55.1 Å². The van der Waals surface area contributed by atoms with Gasteiger partial charge >= 0.3 is 0 Å². The maximum absolute atomic E-state index is 13.2. The number of aromatic amines is 1. The Kier molecular flexibility index (Phi) is 6.10. The Hall–Kier alpha value is -2.39. The van der Waals surface area contributed by atoms with Gasteiger partial charge in [-0.2, -0.15) is 9.40 Å². The molecule has 0 unspecified atom stereocenters. The van der Waals surface area contributed by atoms with Crippen molar-refractivity contribution >= 4 is 15.9 Å². The summed E-state index contributed by atoms with van der Waals surface area (Å²) in [5.74, 6) is 0.120. The lowest BCUT2D eigenvalue weighted by molar-refractivity contribution is 0.0933. The quantitative estimate of drug-likeness (QED) is 0.730. The predicted molar refractivity (Wildman–Crippen MR) is 113 cm³/mol. The second-order valence-electron chi connectivity index (χ2n) is 7.95. The van der Waals surface area contributed by atoms with E-state index in [1.54, 1.807) is 24.3 Å². The van der Waals surface area contributed by atoms with E-state index in [2.05, 4.69) is 15.5 Å². The fourth-order valence-electron chi connectivity index (χ4n) is 4.20. The van der Waals surface area contributed by atoms with Gasteiger partial charge in [0, 0.05) is 24.7 Å². The Balaban J connectivity index is 1.60. The molecule has 30 heavy (non-hydrogen) atoms. The summed E-state index contributed by atoms with van der Waals surface area (Å²) in [6, 6.07) is 6.84. The maximum Gasteiger partial charge on any atom is 0.269 e. The number of benzene rings is 1. The fraction of sp³-hybridized carbons (Fsp3) is 0.524. The summed E-state index contributed by atoms with van der Waals surface area (Å²) < 4.78 is 33.3. The van der Waals surface area contributed by atoms with E-state index in [0.29, 0.717) is 35.8 Å². The highest BCUT2D eigenvalue weighted by atomic mass is 32.2. The minimum Gasteiger partial charge on any atom is -0.495 e. The Morgan fingerprint density at radius 2 is 1.87 bits per heavy atom. The number of hydrogen-bond acceptors (Lipinski definition) is 5. The smallest absolute Gasteiger partial charge is 0.269 e. The number of hydrogen-bond donors (Lipinski definition) is 2. The molecule has 2 N–H and O–H groups in total. The molecule has 1 amide bonds. The maximum atomic E-state index is 13.2. The van der Waals surface area contributed by atoms with Crippen LogP contribution in [0.5, 0.6) is 5.75 Å². The summed E-state index contributed by atoms with van der Waals surface area (Å²) >= 11 is 0. The van der Waals surface area contributed by atoms with Crippen molar-refractivity contribution in [3.05, 3.63) is 30.0 Å². The van der Waals surface area contributed by atoms with Crippen LogP contribution in [0.15, 0.2) is 29.2 Å². The Labute approximate surface area is 177 Å². The van der Waals surface area contributed by atoms with Crippen LogP contribution in [0, 0.1) is 0 Å². The van der Waals surface area contributed by atoms with E-state index in [1.807, 2.05) is 0 Å². The Bertz CT molecular complexity index is 1010. The van der Waals surface area contributed by atoms with Crippen LogP contribution in [0.2, 0.25) is 0 Å².